The van der Waals surface area contributed by atoms with Crippen LogP contribution in [0.25, 0.3) is 0 Å². The minimum absolute atomic E-state index is 0.0425. The quantitative estimate of drug-likeness (QED) is 0.191. The van der Waals surface area contributed by atoms with Crippen molar-refractivity contribution >= 4 is 46.9 Å². The zero-order valence-corrected chi connectivity index (χ0v) is 21.9. The molecule has 2 aromatic heterocycles. The molecule has 37 heavy (non-hydrogen) atoms. The molecule has 11 nitrogen and oxygen atoms in total. The molecule has 4 rings (SSSR count). The van der Waals surface area contributed by atoms with E-state index in [0.717, 1.165) is 49.3 Å². The van der Waals surface area contributed by atoms with Crippen molar-refractivity contribution in [1.82, 2.24) is 25.4 Å². The molecule has 2 fully saturated rings. The number of carbonyl (C=O) groups excluding carboxylic acids is 2. The van der Waals surface area contributed by atoms with Crippen molar-refractivity contribution in [3.05, 3.63) is 27.7 Å². The Morgan fingerprint density at radius 2 is 2.05 bits per heavy atom. The Labute approximate surface area is 223 Å². The first-order chi connectivity index (χ1) is 18.0. The van der Waals surface area contributed by atoms with E-state index in [-0.39, 0.29) is 30.0 Å². The van der Waals surface area contributed by atoms with Gasteiger partial charge < -0.3 is 10.1 Å². The van der Waals surface area contributed by atoms with Crippen LogP contribution in [-0.2, 0) is 25.7 Å². The van der Waals surface area contributed by atoms with Gasteiger partial charge in [0.2, 0.25) is 23.4 Å². The van der Waals surface area contributed by atoms with Crippen LogP contribution in [0, 0.1) is 17.7 Å². The molecule has 1 aliphatic heterocycles. The molecule has 202 valence electrons. The molecule has 1 saturated carbocycles. The number of nitrogens with zero attached hydrogens (tertiary/aromatic N) is 4. The summed E-state index contributed by atoms with van der Waals surface area (Å²) in [6.45, 7) is 0.858. The van der Waals surface area contributed by atoms with Crippen molar-refractivity contribution < 1.29 is 23.6 Å². The number of hydrazine groups is 1. The smallest absolute Gasteiger partial charge is 0.243 e. The lowest BCUT2D eigenvalue weighted by atomic mass is 9.92. The third-order valence-electron chi connectivity index (χ3n) is 6.42. The highest BCUT2D eigenvalue weighted by molar-refractivity contribution is 7.07. The van der Waals surface area contributed by atoms with Gasteiger partial charge in [0.25, 0.3) is 0 Å². The molecule has 0 bridgehead atoms. The maximum absolute atomic E-state index is 15.0. The summed E-state index contributed by atoms with van der Waals surface area (Å²) in [7, 11) is 0. The molecule has 1 saturated heterocycles. The SMILES string of the molecule is O=CN(C[C@H](CC1CCCC1)C(=O)NNc1nc(Cl)nc(NCc2cscn2)c1F)OC1CCCCO1. The topological polar surface area (TPSA) is 131 Å². The Morgan fingerprint density at radius 3 is 2.76 bits per heavy atom. The van der Waals surface area contributed by atoms with Crippen LogP contribution < -0.4 is 16.2 Å². The lowest BCUT2D eigenvalue weighted by Gasteiger charge is -2.29. The van der Waals surface area contributed by atoms with Gasteiger partial charge >= 0.3 is 0 Å². The van der Waals surface area contributed by atoms with Gasteiger partial charge in [0, 0.05) is 18.4 Å². The molecular formula is C23H31ClFN7O4S. The maximum atomic E-state index is 15.0. The fraction of sp³-hybridized carbons (Fsp3) is 0.609. The van der Waals surface area contributed by atoms with Crippen molar-refractivity contribution in [3.8, 4) is 0 Å². The summed E-state index contributed by atoms with van der Waals surface area (Å²) >= 11 is 7.41. The number of rotatable bonds is 13. The Morgan fingerprint density at radius 1 is 1.27 bits per heavy atom. The molecule has 2 amide bonds. The van der Waals surface area contributed by atoms with Gasteiger partial charge in [-0.1, -0.05) is 25.7 Å². The summed E-state index contributed by atoms with van der Waals surface area (Å²) in [4.78, 5) is 42.5. The molecule has 0 radical (unpaired) electrons. The number of amides is 2. The minimum Gasteiger partial charge on any atom is -0.362 e. The highest BCUT2D eigenvalue weighted by Crippen LogP contribution is 2.31. The Balaban J connectivity index is 1.39. The highest BCUT2D eigenvalue weighted by atomic mass is 35.5. The van der Waals surface area contributed by atoms with Gasteiger partial charge in [-0.25, -0.2) is 14.9 Å². The molecule has 2 aliphatic rings. The number of anilines is 2. The number of hydrogen-bond donors (Lipinski definition) is 3. The molecule has 3 N–H and O–H groups in total. The zero-order chi connectivity index (χ0) is 26.0. The molecular weight excluding hydrogens is 525 g/mol. The molecule has 1 aliphatic carbocycles. The molecule has 3 heterocycles. The van der Waals surface area contributed by atoms with Crippen LogP contribution in [0.3, 0.4) is 0 Å². The number of aromatic nitrogens is 3. The minimum atomic E-state index is -0.806. The van der Waals surface area contributed by atoms with Crippen LogP contribution >= 0.6 is 22.9 Å². The number of thiazole rings is 1. The third kappa shape index (κ3) is 8.19. The van der Waals surface area contributed by atoms with Crippen LogP contribution in [-0.4, -0.2) is 51.8 Å². The average molecular weight is 556 g/mol. The second-order valence-corrected chi connectivity index (χ2v) is 10.2. The van der Waals surface area contributed by atoms with Crippen LogP contribution in [0.4, 0.5) is 16.0 Å². The average Bonchev–Trinajstić information content (AvgIpc) is 3.62. The predicted octanol–water partition coefficient (Wildman–Crippen LogP) is 3.89. The van der Waals surface area contributed by atoms with Crippen LogP contribution in [0.1, 0.15) is 57.1 Å². The Kier molecular flexibility index (Phi) is 10.2. The van der Waals surface area contributed by atoms with E-state index in [0.29, 0.717) is 31.8 Å². The summed E-state index contributed by atoms with van der Waals surface area (Å²) in [6, 6.07) is 0. The second-order valence-electron chi connectivity index (χ2n) is 9.14. The monoisotopic (exact) mass is 555 g/mol. The van der Waals surface area contributed by atoms with E-state index in [1.165, 1.54) is 11.3 Å². The van der Waals surface area contributed by atoms with Crippen molar-refractivity contribution in [2.24, 2.45) is 11.8 Å². The molecule has 2 aromatic rings. The van der Waals surface area contributed by atoms with Gasteiger partial charge in [0.15, 0.2) is 17.9 Å². The largest absolute Gasteiger partial charge is 0.362 e. The summed E-state index contributed by atoms with van der Waals surface area (Å²) in [5.41, 5.74) is 7.44. The zero-order valence-electron chi connectivity index (χ0n) is 20.3. The second kappa shape index (κ2) is 13.8. The Hall–Kier alpha value is -2.61. The lowest BCUT2D eigenvalue weighted by molar-refractivity contribution is -0.276. The molecule has 14 heteroatoms. The number of hydroxylamine groups is 2. The van der Waals surface area contributed by atoms with E-state index in [1.54, 1.807) is 5.51 Å². The van der Waals surface area contributed by atoms with Crippen molar-refractivity contribution in [3.63, 3.8) is 0 Å². The number of hydrogen-bond acceptors (Lipinski definition) is 10. The van der Waals surface area contributed by atoms with E-state index < -0.39 is 23.9 Å². The highest BCUT2D eigenvalue weighted by Gasteiger charge is 2.29. The summed E-state index contributed by atoms with van der Waals surface area (Å²) in [5, 5.41) is 5.58. The third-order valence-corrected chi connectivity index (χ3v) is 7.22. The molecule has 1 unspecified atom stereocenters. The number of halogens is 2. The van der Waals surface area contributed by atoms with Gasteiger partial charge in [0.1, 0.15) is 0 Å². The number of ether oxygens (including phenoxy) is 1. The summed E-state index contributed by atoms with van der Waals surface area (Å²) < 4.78 is 20.6. The lowest BCUT2D eigenvalue weighted by Crippen LogP contribution is -2.43. The first-order valence-corrected chi connectivity index (χ1v) is 13.7. The number of nitrogens with one attached hydrogen (secondary N) is 3. The van der Waals surface area contributed by atoms with Gasteiger partial charge in [-0.15, -0.1) is 11.3 Å². The van der Waals surface area contributed by atoms with Gasteiger partial charge in [-0.2, -0.15) is 14.4 Å². The maximum Gasteiger partial charge on any atom is 0.243 e. The van der Waals surface area contributed by atoms with E-state index in [2.05, 4.69) is 31.1 Å². The van der Waals surface area contributed by atoms with E-state index in [1.807, 2.05) is 5.38 Å². The van der Waals surface area contributed by atoms with Crippen LogP contribution in [0.2, 0.25) is 5.28 Å². The van der Waals surface area contributed by atoms with Gasteiger partial charge in [-0.3, -0.25) is 20.4 Å². The predicted molar refractivity (Wildman–Crippen MR) is 136 cm³/mol. The van der Waals surface area contributed by atoms with Crippen LogP contribution in [0.15, 0.2) is 10.9 Å². The van der Waals surface area contributed by atoms with E-state index >= 15 is 4.39 Å². The normalized spacial score (nSPS) is 18.8. The molecule has 2 atom stereocenters. The fourth-order valence-electron chi connectivity index (χ4n) is 4.53. The summed E-state index contributed by atoms with van der Waals surface area (Å²) in [5.74, 6) is -1.86. The van der Waals surface area contributed by atoms with Crippen LogP contribution in [0.5, 0.6) is 0 Å². The van der Waals surface area contributed by atoms with Gasteiger partial charge in [0.05, 0.1) is 30.2 Å². The van der Waals surface area contributed by atoms with Crippen molar-refractivity contribution in [1.29, 1.82) is 0 Å². The van der Waals surface area contributed by atoms with Crippen molar-refractivity contribution in [2.75, 3.05) is 23.9 Å². The fourth-order valence-corrected chi connectivity index (χ4v) is 5.26. The van der Waals surface area contributed by atoms with Gasteiger partial charge in [-0.05, 0) is 36.8 Å². The van der Waals surface area contributed by atoms with Crippen molar-refractivity contribution in [2.45, 2.75) is 64.2 Å². The molecule has 0 aromatic carbocycles. The Bertz CT molecular complexity index is 1020. The van der Waals surface area contributed by atoms with E-state index in [9.17, 15) is 9.59 Å². The standard InChI is InChI=1S/C23H31ClFN7O4S/c24-23-28-20(26-10-17-12-37-13-27-17)19(25)21(29-23)30-31-22(34)16(9-15-5-1-2-6-15)11-32(14-33)36-18-7-3-4-8-35-18/h12-16,18H,1-11H2,(H,31,34)(H2,26,28,29,30)/t16-,18?/m0/s1. The van der Waals surface area contributed by atoms with E-state index in [4.69, 9.17) is 21.2 Å². The molecule has 0 spiro atoms. The first-order valence-electron chi connectivity index (χ1n) is 12.4. The summed E-state index contributed by atoms with van der Waals surface area (Å²) in [6.07, 6.45) is 7.46. The first kappa shape index (κ1) is 27.4. The number of carbonyl (C=O) groups is 2.